The van der Waals surface area contributed by atoms with E-state index in [9.17, 15) is 17.6 Å². The maximum Gasteiger partial charge on any atom is 0.243 e. The number of anilines is 1. The number of amides is 1. The van der Waals surface area contributed by atoms with E-state index < -0.39 is 27.8 Å². The maximum atomic E-state index is 13.3. The van der Waals surface area contributed by atoms with Crippen LogP contribution in [0.5, 0.6) is 0 Å². The van der Waals surface area contributed by atoms with Crippen molar-refractivity contribution in [2.24, 2.45) is 0 Å². The van der Waals surface area contributed by atoms with Crippen LogP contribution < -0.4 is 9.62 Å². The van der Waals surface area contributed by atoms with E-state index in [4.69, 9.17) is 0 Å². The Morgan fingerprint density at radius 3 is 2.60 bits per heavy atom. The van der Waals surface area contributed by atoms with Crippen molar-refractivity contribution < 1.29 is 17.6 Å². The predicted molar refractivity (Wildman–Crippen MR) is 76.5 cm³/mol. The van der Waals surface area contributed by atoms with Crippen molar-refractivity contribution in [3.05, 3.63) is 30.1 Å². The van der Waals surface area contributed by atoms with Crippen LogP contribution in [0.1, 0.15) is 20.3 Å². The van der Waals surface area contributed by atoms with E-state index in [-0.39, 0.29) is 5.69 Å². The molecule has 5 nitrogen and oxygen atoms in total. The summed E-state index contributed by atoms with van der Waals surface area (Å²) < 4.78 is 38.0. The Balaban J connectivity index is 3.11. The molecule has 1 unspecified atom stereocenters. The molecule has 112 valence electrons. The van der Waals surface area contributed by atoms with Crippen LogP contribution in [0.3, 0.4) is 0 Å². The third-order valence-electron chi connectivity index (χ3n) is 2.70. The Labute approximate surface area is 118 Å². The van der Waals surface area contributed by atoms with Crippen LogP contribution in [0.4, 0.5) is 10.1 Å². The van der Waals surface area contributed by atoms with E-state index in [2.05, 4.69) is 5.32 Å². The summed E-state index contributed by atoms with van der Waals surface area (Å²) in [4.78, 5) is 11.9. The zero-order chi connectivity index (χ0) is 15.3. The number of sulfonamides is 1. The van der Waals surface area contributed by atoms with Crippen molar-refractivity contribution in [3.63, 3.8) is 0 Å². The molecule has 0 aliphatic rings. The molecule has 0 aromatic heterocycles. The molecular weight excluding hydrogens is 283 g/mol. The van der Waals surface area contributed by atoms with Gasteiger partial charge in [0.25, 0.3) is 0 Å². The van der Waals surface area contributed by atoms with Gasteiger partial charge in [0, 0.05) is 6.54 Å². The molecule has 1 aromatic rings. The Morgan fingerprint density at radius 1 is 1.45 bits per heavy atom. The smallest absolute Gasteiger partial charge is 0.243 e. The normalized spacial score (nSPS) is 12.8. The SMILES string of the molecule is CCCNC(=O)C(C)N(c1cccc(F)c1)S(C)(=O)=O. The highest BCUT2D eigenvalue weighted by molar-refractivity contribution is 7.92. The molecule has 1 atom stereocenters. The van der Waals surface area contributed by atoms with Crippen LogP contribution in [0.25, 0.3) is 0 Å². The zero-order valence-electron chi connectivity index (χ0n) is 11.8. The topological polar surface area (TPSA) is 66.5 Å². The molecule has 0 radical (unpaired) electrons. The van der Waals surface area contributed by atoms with Crippen LogP contribution in [0.15, 0.2) is 24.3 Å². The number of carbonyl (C=O) groups is 1. The number of nitrogens with one attached hydrogen (secondary N) is 1. The molecule has 0 saturated carbocycles. The number of benzene rings is 1. The van der Waals surface area contributed by atoms with E-state index in [1.165, 1.54) is 25.1 Å². The molecule has 20 heavy (non-hydrogen) atoms. The Morgan fingerprint density at radius 2 is 2.10 bits per heavy atom. The summed E-state index contributed by atoms with van der Waals surface area (Å²) in [5.41, 5.74) is 0.131. The Kier molecular flexibility index (Phi) is 5.50. The van der Waals surface area contributed by atoms with E-state index in [0.717, 1.165) is 23.0 Å². The lowest BCUT2D eigenvalue weighted by Crippen LogP contribution is -2.48. The fourth-order valence-corrected chi connectivity index (χ4v) is 2.98. The highest BCUT2D eigenvalue weighted by Gasteiger charge is 2.28. The van der Waals surface area contributed by atoms with Gasteiger partial charge in [0.2, 0.25) is 15.9 Å². The van der Waals surface area contributed by atoms with Crippen molar-refractivity contribution in [1.29, 1.82) is 0 Å². The molecular formula is C13H19FN2O3S. The molecule has 0 aliphatic carbocycles. The highest BCUT2D eigenvalue weighted by Crippen LogP contribution is 2.21. The van der Waals surface area contributed by atoms with E-state index in [1.807, 2.05) is 6.92 Å². The monoisotopic (exact) mass is 302 g/mol. The largest absolute Gasteiger partial charge is 0.354 e. The van der Waals surface area contributed by atoms with E-state index in [0.29, 0.717) is 6.54 Å². The molecule has 0 heterocycles. The first-order valence-corrected chi connectivity index (χ1v) is 8.15. The van der Waals surface area contributed by atoms with E-state index >= 15 is 0 Å². The lowest BCUT2D eigenvalue weighted by molar-refractivity contribution is -0.121. The average Bonchev–Trinajstić information content (AvgIpc) is 2.34. The molecule has 1 amide bonds. The minimum absolute atomic E-state index is 0.131. The third kappa shape index (κ3) is 4.19. The first-order chi connectivity index (χ1) is 9.27. The van der Waals surface area contributed by atoms with Crippen LogP contribution in [-0.4, -0.2) is 33.2 Å². The van der Waals surface area contributed by atoms with Gasteiger partial charge in [0.05, 0.1) is 11.9 Å². The quantitative estimate of drug-likeness (QED) is 0.866. The fourth-order valence-electron chi connectivity index (χ4n) is 1.82. The van der Waals surface area contributed by atoms with Gasteiger partial charge in [-0.2, -0.15) is 0 Å². The lowest BCUT2D eigenvalue weighted by Gasteiger charge is -2.28. The first kappa shape index (κ1) is 16.4. The number of carbonyl (C=O) groups excluding carboxylic acids is 1. The number of halogens is 1. The standard InChI is InChI=1S/C13H19FN2O3S/c1-4-8-15-13(17)10(2)16(20(3,18)19)12-7-5-6-11(14)9-12/h5-7,9-10H,4,8H2,1-3H3,(H,15,17). The third-order valence-corrected chi connectivity index (χ3v) is 3.94. The molecule has 1 rings (SSSR count). The summed E-state index contributed by atoms with van der Waals surface area (Å²) in [7, 11) is -3.70. The van der Waals surface area contributed by atoms with Crippen molar-refractivity contribution >= 4 is 21.6 Å². The zero-order valence-corrected chi connectivity index (χ0v) is 12.6. The van der Waals surface area contributed by atoms with Gasteiger partial charge in [-0.25, -0.2) is 12.8 Å². The molecule has 7 heteroatoms. The molecule has 0 spiro atoms. The first-order valence-electron chi connectivity index (χ1n) is 6.30. The Bertz CT molecular complexity index is 575. The van der Waals surface area contributed by atoms with Gasteiger partial charge >= 0.3 is 0 Å². The van der Waals surface area contributed by atoms with E-state index in [1.54, 1.807) is 0 Å². The van der Waals surface area contributed by atoms with Gasteiger partial charge in [-0.3, -0.25) is 9.10 Å². The Hall–Kier alpha value is -1.63. The van der Waals surface area contributed by atoms with Crippen molar-refractivity contribution in [2.45, 2.75) is 26.3 Å². The minimum Gasteiger partial charge on any atom is -0.354 e. The number of hydrogen-bond donors (Lipinski definition) is 1. The van der Waals surface area contributed by atoms with Gasteiger partial charge < -0.3 is 5.32 Å². The fraction of sp³-hybridized carbons (Fsp3) is 0.462. The summed E-state index contributed by atoms with van der Waals surface area (Å²) in [6.45, 7) is 3.83. The number of rotatable bonds is 6. The van der Waals surface area contributed by atoms with Gasteiger partial charge in [0.1, 0.15) is 11.9 Å². The summed E-state index contributed by atoms with van der Waals surface area (Å²) >= 11 is 0. The van der Waals surface area contributed by atoms with Crippen LogP contribution in [0.2, 0.25) is 0 Å². The summed E-state index contributed by atoms with van der Waals surface area (Å²) in [5, 5.41) is 2.63. The molecule has 0 bridgehead atoms. The second kappa shape index (κ2) is 6.69. The molecule has 1 N–H and O–H groups in total. The molecule has 0 saturated heterocycles. The minimum atomic E-state index is -3.70. The number of nitrogens with zero attached hydrogens (tertiary/aromatic N) is 1. The van der Waals surface area contributed by atoms with Crippen molar-refractivity contribution in [3.8, 4) is 0 Å². The van der Waals surface area contributed by atoms with Gasteiger partial charge in [-0.1, -0.05) is 13.0 Å². The molecule has 0 fully saturated rings. The highest BCUT2D eigenvalue weighted by atomic mass is 32.2. The average molecular weight is 302 g/mol. The molecule has 1 aromatic carbocycles. The van der Waals surface area contributed by atoms with Gasteiger partial charge in [-0.05, 0) is 31.5 Å². The summed E-state index contributed by atoms with van der Waals surface area (Å²) in [6.07, 6.45) is 1.73. The lowest BCUT2D eigenvalue weighted by atomic mass is 10.2. The van der Waals surface area contributed by atoms with Gasteiger partial charge in [-0.15, -0.1) is 0 Å². The van der Waals surface area contributed by atoms with Crippen molar-refractivity contribution in [2.75, 3.05) is 17.1 Å². The van der Waals surface area contributed by atoms with Crippen LogP contribution in [-0.2, 0) is 14.8 Å². The van der Waals surface area contributed by atoms with Crippen LogP contribution in [0, 0.1) is 5.82 Å². The molecule has 0 aliphatic heterocycles. The van der Waals surface area contributed by atoms with Crippen molar-refractivity contribution in [1.82, 2.24) is 5.32 Å². The van der Waals surface area contributed by atoms with Gasteiger partial charge in [0.15, 0.2) is 0 Å². The number of hydrogen-bond acceptors (Lipinski definition) is 3. The maximum absolute atomic E-state index is 13.3. The second-order valence-corrected chi connectivity index (χ2v) is 6.37. The van der Waals surface area contributed by atoms with Crippen LogP contribution >= 0.6 is 0 Å². The predicted octanol–water partition coefficient (Wildman–Crippen LogP) is 1.51. The summed E-state index contributed by atoms with van der Waals surface area (Å²) in [5.74, 6) is -0.973. The second-order valence-electron chi connectivity index (χ2n) is 4.51. The summed E-state index contributed by atoms with van der Waals surface area (Å²) in [6, 6.07) is 4.21.